The van der Waals surface area contributed by atoms with Crippen LogP contribution in [-0.4, -0.2) is 37.0 Å². The summed E-state index contributed by atoms with van der Waals surface area (Å²) in [5.41, 5.74) is 0.249. The van der Waals surface area contributed by atoms with Gasteiger partial charge in [-0.1, -0.05) is 12.1 Å². The fraction of sp³-hybridized carbons (Fsp3) is 0.381. The second kappa shape index (κ2) is 9.34. The van der Waals surface area contributed by atoms with Gasteiger partial charge in [-0.15, -0.1) is 0 Å². The molecule has 1 heterocycles. The molecule has 1 amide bonds. The molecule has 1 aliphatic rings. The summed E-state index contributed by atoms with van der Waals surface area (Å²) in [6, 6.07) is 11.4. The van der Waals surface area contributed by atoms with Crippen molar-refractivity contribution in [3.8, 4) is 0 Å². The van der Waals surface area contributed by atoms with Gasteiger partial charge in [-0.05, 0) is 91.5 Å². The SMILES string of the molecule is CN1CCC(Nc2ccc(NC(=O)Cc3cccc(I)c3)cc2C(F)(F)F)CC1. The maximum absolute atomic E-state index is 13.6. The normalized spacial score (nSPS) is 15.9. The van der Waals surface area contributed by atoms with Crippen LogP contribution >= 0.6 is 22.6 Å². The molecule has 8 heteroatoms. The van der Waals surface area contributed by atoms with Crippen LogP contribution in [0.5, 0.6) is 0 Å². The lowest BCUT2D eigenvalue weighted by Gasteiger charge is -2.31. The summed E-state index contributed by atoms with van der Waals surface area (Å²) in [5, 5.41) is 5.63. The monoisotopic (exact) mass is 517 g/mol. The Balaban J connectivity index is 1.72. The van der Waals surface area contributed by atoms with Crippen molar-refractivity contribution >= 4 is 39.9 Å². The van der Waals surface area contributed by atoms with Gasteiger partial charge in [0, 0.05) is 21.0 Å². The summed E-state index contributed by atoms with van der Waals surface area (Å²) in [7, 11) is 2.01. The average Bonchev–Trinajstić information content (AvgIpc) is 2.64. The van der Waals surface area contributed by atoms with Crippen molar-refractivity contribution in [1.29, 1.82) is 0 Å². The number of carbonyl (C=O) groups excluding carboxylic acids is 1. The Labute approximate surface area is 182 Å². The number of nitrogens with zero attached hydrogens (tertiary/aromatic N) is 1. The summed E-state index contributed by atoms with van der Waals surface area (Å²) < 4.78 is 41.8. The molecule has 1 saturated heterocycles. The molecular formula is C21H23F3IN3O. The van der Waals surface area contributed by atoms with Crippen LogP contribution in [0.2, 0.25) is 0 Å². The first-order valence-corrected chi connectivity index (χ1v) is 10.5. The molecule has 0 spiro atoms. The number of carbonyl (C=O) groups is 1. The lowest BCUT2D eigenvalue weighted by atomic mass is 10.0. The van der Waals surface area contributed by atoms with Gasteiger partial charge in [0.2, 0.25) is 5.91 Å². The van der Waals surface area contributed by atoms with E-state index in [0.29, 0.717) is 0 Å². The Hall–Kier alpha value is -1.81. The van der Waals surface area contributed by atoms with Gasteiger partial charge >= 0.3 is 6.18 Å². The molecular weight excluding hydrogens is 494 g/mol. The lowest BCUT2D eigenvalue weighted by molar-refractivity contribution is -0.137. The van der Waals surface area contributed by atoms with E-state index in [1.54, 1.807) is 0 Å². The van der Waals surface area contributed by atoms with Crippen LogP contribution in [0.1, 0.15) is 24.0 Å². The number of nitrogens with one attached hydrogen (secondary N) is 2. The minimum Gasteiger partial charge on any atom is -0.382 e. The van der Waals surface area contributed by atoms with E-state index < -0.39 is 11.7 Å². The zero-order valence-corrected chi connectivity index (χ0v) is 18.2. The van der Waals surface area contributed by atoms with Crippen LogP contribution in [0, 0.1) is 3.57 Å². The molecule has 0 bridgehead atoms. The minimum absolute atomic E-state index is 0.00768. The molecule has 29 heavy (non-hydrogen) atoms. The van der Waals surface area contributed by atoms with Gasteiger partial charge in [0.25, 0.3) is 0 Å². The van der Waals surface area contributed by atoms with Gasteiger partial charge in [-0.2, -0.15) is 13.2 Å². The summed E-state index contributed by atoms with van der Waals surface area (Å²) in [6.45, 7) is 1.71. The van der Waals surface area contributed by atoms with E-state index >= 15 is 0 Å². The second-order valence-corrected chi connectivity index (χ2v) is 8.58. The Morgan fingerprint density at radius 1 is 1.17 bits per heavy atom. The van der Waals surface area contributed by atoms with Crippen LogP contribution in [0.3, 0.4) is 0 Å². The Morgan fingerprint density at radius 2 is 1.90 bits per heavy atom. The average molecular weight is 517 g/mol. The standard InChI is InChI=1S/C21H23F3IN3O/c1-28-9-7-16(8-10-28)26-19-6-5-17(13-18(19)21(22,23)24)27-20(29)12-14-3-2-4-15(25)11-14/h2-6,11,13,16,26H,7-10,12H2,1H3,(H,27,29). The van der Waals surface area contributed by atoms with Crippen molar-refractivity contribution in [3.63, 3.8) is 0 Å². The van der Waals surface area contributed by atoms with Gasteiger partial charge in [-0.25, -0.2) is 0 Å². The van der Waals surface area contributed by atoms with Gasteiger partial charge < -0.3 is 15.5 Å². The number of anilines is 2. The van der Waals surface area contributed by atoms with E-state index in [2.05, 4.69) is 38.1 Å². The van der Waals surface area contributed by atoms with E-state index in [-0.39, 0.29) is 29.7 Å². The van der Waals surface area contributed by atoms with Gasteiger partial charge in [0.15, 0.2) is 0 Å². The topological polar surface area (TPSA) is 44.4 Å². The molecule has 0 atom stereocenters. The highest BCUT2D eigenvalue weighted by molar-refractivity contribution is 14.1. The minimum atomic E-state index is -4.51. The van der Waals surface area contributed by atoms with Crippen molar-refractivity contribution in [2.45, 2.75) is 31.5 Å². The molecule has 1 aliphatic heterocycles. The zero-order chi connectivity index (χ0) is 21.0. The first-order chi connectivity index (χ1) is 13.7. The number of hydrogen-bond acceptors (Lipinski definition) is 3. The smallest absolute Gasteiger partial charge is 0.382 e. The van der Waals surface area contributed by atoms with Gasteiger partial charge in [-0.3, -0.25) is 4.79 Å². The molecule has 1 fully saturated rings. The van der Waals surface area contributed by atoms with Gasteiger partial charge in [0.05, 0.1) is 12.0 Å². The van der Waals surface area contributed by atoms with Gasteiger partial charge in [0.1, 0.15) is 0 Å². The maximum atomic E-state index is 13.6. The number of alkyl halides is 3. The predicted octanol–water partition coefficient (Wildman–Crippen LogP) is 5.00. The largest absolute Gasteiger partial charge is 0.418 e. The fourth-order valence-corrected chi connectivity index (χ4v) is 4.00. The fourth-order valence-electron chi connectivity index (χ4n) is 3.39. The number of amides is 1. The quantitative estimate of drug-likeness (QED) is 0.550. The third-order valence-corrected chi connectivity index (χ3v) is 5.61. The molecule has 4 nitrogen and oxygen atoms in total. The third-order valence-electron chi connectivity index (χ3n) is 4.94. The first-order valence-electron chi connectivity index (χ1n) is 9.41. The van der Waals surface area contributed by atoms with E-state index in [1.165, 1.54) is 12.1 Å². The summed E-state index contributed by atoms with van der Waals surface area (Å²) >= 11 is 2.15. The van der Waals surface area contributed by atoms with Crippen LogP contribution in [0.25, 0.3) is 0 Å². The van der Waals surface area contributed by atoms with Crippen LogP contribution < -0.4 is 10.6 Å². The maximum Gasteiger partial charge on any atom is 0.418 e. The highest BCUT2D eigenvalue weighted by Gasteiger charge is 2.34. The van der Waals surface area contributed by atoms with Crippen molar-refractivity contribution in [2.24, 2.45) is 0 Å². The molecule has 0 aliphatic carbocycles. The molecule has 0 radical (unpaired) electrons. The number of piperidine rings is 1. The molecule has 2 aromatic rings. The molecule has 0 saturated carbocycles. The lowest BCUT2D eigenvalue weighted by Crippen LogP contribution is -2.37. The number of benzene rings is 2. The number of likely N-dealkylation sites (tertiary alicyclic amines) is 1. The van der Waals surface area contributed by atoms with E-state index in [4.69, 9.17) is 0 Å². The Morgan fingerprint density at radius 3 is 2.55 bits per heavy atom. The van der Waals surface area contributed by atoms with E-state index in [1.807, 2.05) is 31.3 Å². The Kier molecular flexibility index (Phi) is 7.05. The Bertz CT molecular complexity index is 864. The van der Waals surface area contributed by atoms with E-state index in [0.717, 1.165) is 41.1 Å². The highest BCUT2D eigenvalue weighted by Crippen LogP contribution is 2.37. The molecule has 3 rings (SSSR count). The first kappa shape index (κ1) is 21.9. The second-order valence-electron chi connectivity index (χ2n) is 7.33. The van der Waals surface area contributed by atoms with Crippen LogP contribution in [0.4, 0.5) is 24.5 Å². The summed E-state index contributed by atoms with van der Waals surface area (Å²) in [4.78, 5) is 14.4. The van der Waals surface area contributed by atoms with E-state index in [9.17, 15) is 18.0 Å². The molecule has 2 N–H and O–H groups in total. The molecule has 0 unspecified atom stereocenters. The summed E-state index contributed by atoms with van der Waals surface area (Å²) in [5.74, 6) is -0.351. The van der Waals surface area contributed by atoms with Crippen molar-refractivity contribution in [1.82, 2.24) is 4.90 Å². The molecule has 156 valence electrons. The van der Waals surface area contributed by atoms with Crippen LogP contribution in [-0.2, 0) is 17.4 Å². The molecule has 2 aromatic carbocycles. The third kappa shape index (κ3) is 6.33. The number of halogens is 4. The summed E-state index contributed by atoms with van der Waals surface area (Å²) in [6.07, 6.45) is -2.82. The van der Waals surface area contributed by atoms with Crippen molar-refractivity contribution in [3.05, 3.63) is 57.2 Å². The van der Waals surface area contributed by atoms with Crippen molar-refractivity contribution in [2.75, 3.05) is 30.8 Å². The molecule has 0 aromatic heterocycles. The number of rotatable bonds is 5. The highest BCUT2D eigenvalue weighted by atomic mass is 127. The van der Waals surface area contributed by atoms with Crippen LogP contribution in [0.15, 0.2) is 42.5 Å². The van der Waals surface area contributed by atoms with Crippen molar-refractivity contribution < 1.29 is 18.0 Å². The predicted molar refractivity (Wildman–Crippen MR) is 117 cm³/mol. The zero-order valence-electron chi connectivity index (χ0n) is 16.0. The number of hydrogen-bond donors (Lipinski definition) is 2.